The molecule has 1 saturated heterocycles. The number of methoxy groups -OCH3 is 2. The molecular formula is C25H32N2O4. The van der Waals surface area contributed by atoms with E-state index in [0.717, 1.165) is 11.1 Å². The highest BCUT2D eigenvalue weighted by Crippen LogP contribution is 2.42. The number of carbonyl (C=O) groups excluding carboxylic acids is 2. The average molecular weight is 425 g/mol. The minimum Gasteiger partial charge on any atom is -0.493 e. The molecule has 1 fully saturated rings. The van der Waals surface area contributed by atoms with Crippen molar-refractivity contribution in [2.45, 2.75) is 26.7 Å². The van der Waals surface area contributed by atoms with Crippen LogP contribution in [-0.2, 0) is 4.79 Å². The van der Waals surface area contributed by atoms with Gasteiger partial charge in [0.1, 0.15) is 0 Å². The Labute approximate surface area is 184 Å². The molecular weight excluding hydrogens is 392 g/mol. The summed E-state index contributed by atoms with van der Waals surface area (Å²) in [6.07, 6.45) is 0. The number of hydrogen-bond acceptors (Lipinski definition) is 4. The molecule has 2 atom stereocenters. The van der Waals surface area contributed by atoms with Crippen molar-refractivity contribution >= 4 is 11.8 Å². The number of para-hydroxylation sites is 1. The van der Waals surface area contributed by atoms with Crippen LogP contribution in [0.4, 0.5) is 0 Å². The second kappa shape index (κ2) is 9.86. The number of carbonyl (C=O) groups is 2. The summed E-state index contributed by atoms with van der Waals surface area (Å²) < 4.78 is 11.1. The minimum absolute atomic E-state index is 0.0383. The number of benzene rings is 2. The summed E-state index contributed by atoms with van der Waals surface area (Å²) in [5, 5.41) is 3.05. The zero-order valence-corrected chi connectivity index (χ0v) is 19.0. The predicted octanol–water partition coefficient (Wildman–Crippen LogP) is 3.64. The van der Waals surface area contributed by atoms with Crippen molar-refractivity contribution in [3.05, 3.63) is 59.2 Å². The van der Waals surface area contributed by atoms with Crippen molar-refractivity contribution < 1.29 is 19.1 Å². The van der Waals surface area contributed by atoms with Crippen LogP contribution in [0.3, 0.4) is 0 Å². The first-order valence-corrected chi connectivity index (χ1v) is 10.7. The van der Waals surface area contributed by atoms with Crippen LogP contribution in [-0.4, -0.2) is 50.6 Å². The van der Waals surface area contributed by atoms with Crippen LogP contribution in [0, 0.1) is 18.8 Å². The van der Waals surface area contributed by atoms with Crippen LogP contribution in [0.1, 0.15) is 41.3 Å². The zero-order valence-electron chi connectivity index (χ0n) is 19.0. The number of aryl methyl sites for hydroxylation is 1. The third kappa shape index (κ3) is 4.84. The first kappa shape index (κ1) is 22.7. The van der Waals surface area contributed by atoms with Gasteiger partial charge in [-0.2, -0.15) is 0 Å². The van der Waals surface area contributed by atoms with Crippen LogP contribution in [0.25, 0.3) is 0 Å². The molecule has 2 unspecified atom stereocenters. The van der Waals surface area contributed by atoms with Gasteiger partial charge in [0.05, 0.1) is 20.1 Å². The summed E-state index contributed by atoms with van der Waals surface area (Å²) in [4.78, 5) is 28.2. The Kier molecular flexibility index (Phi) is 7.21. The number of hydrogen-bond donors (Lipinski definition) is 1. The van der Waals surface area contributed by atoms with Crippen molar-refractivity contribution in [2.24, 2.45) is 11.8 Å². The lowest BCUT2D eigenvalue weighted by Crippen LogP contribution is -2.37. The van der Waals surface area contributed by atoms with E-state index in [1.165, 1.54) is 0 Å². The molecule has 6 heteroatoms. The highest BCUT2D eigenvalue weighted by atomic mass is 16.5. The van der Waals surface area contributed by atoms with Gasteiger partial charge < -0.3 is 19.7 Å². The van der Waals surface area contributed by atoms with E-state index in [1.54, 1.807) is 19.1 Å². The van der Waals surface area contributed by atoms with E-state index in [4.69, 9.17) is 9.47 Å². The van der Waals surface area contributed by atoms with Gasteiger partial charge in [-0.25, -0.2) is 0 Å². The summed E-state index contributed by atoms with van der Waals surface area (Å²) in [6.45, 7) is 7.46. The summed E-state index contributed by atoms with van der Waals surface area (Å²) in [5.41, 5.74) is 2.48. The molecule has 3 rings (SSSR count). The maximum absolute atomic E-state index is 13.3. The summed E-state index contributed by atoms with van der Waals surface area (Å²) >= 11 is 0. The van der Waals surface area contributed by atoms with Crippen molar-refractivity contribution in [1.29, 1.82) is 0 Å². The molecule has 0 aromatic heterocycles. The summed E-state index contributed by atoms with van der Waals surface area (Å²) in [5.74, 6) is 0.928. The molecule has 1 aliphatic rings. The number of ether oxygens (including phenoxy) is 2. The zero-order chi connectivity index (χ0) is 22.5. The van der Waals surface area contributed by atoms with E-state index in [9.17, 15) is 9.59 Å². The van der Waals surface area contributed by atoms with Gasteiger partial charge in [-0.1, -0.05) is 44.2 Å². The summed E-state index contributed by atoms with van der Waals surface area (Å²) in [7, 11) is 3.19. The monoisotopic (exact) mass is 424 g/mol. The van der Waals surface area contributed by atoms with Gasteiger partial charge in [-0.3, -0.25) is 9.59 Å². The van der Waals surface area contributed by atoms with Crippen LogP contribution in [0.5, 0.6) is 11.5 Å². The molecule has 2 aromatic rings. The van der Waals surface area contributed by atoms with Crippen LogP contribution in [0.15, 0.2) is 42.5 Å². The molecule has 0 aliphatic carbocycles. The molecule has 2 amide bonds. The lowest BCUT2D eigenvalue weighted by Gasteiger charge is -2.22. The maximum atomic E-state index is 13.3. The van der Waals surface area contributed by atoms with Crippen LogP contribution >= 0.6 is 0 Å². The van der Waals surface area contributed by atoms with E-state index in [-0.39, 0.29) is 23.7 Å². The highest BCUT2D eigenvalue weighted by molar-refractivity contribution is 5.96. The molecule has 1 aliphatic heterocycles. The Bertz CT molecular complexity index is 941. The van der Waals surface area contributed by atoms with Crippen LogP contribution < -0.4 is 14.8 Å². The van der Waals surface area contributed by atoms with E-state index < -0.39 is 0 Å². The molecule has 0 radical (unpaired) electrons. The van der Waals surface area contributed by atoms with E-state index in [0.29, 0.717) is 42.6 Å². The van der Waals surface area contributed by atoms with Crippen molar-refractivity contribution in [3.63, 3.8) is 0 Å². The third-order valence-corrected chi connectivity index (χ3v) is 5.84. The lowest BCUT2D eigenvalue weighted by molar-refractivity contribution is -0.125. The molecule has 0 spiro atoms. The second-order valence-electron chi connectivity index (χ2n) is 8.46. The standard InChI is InChI=1S/C25H32N2O4/c1-16(2)13-26-24(28)21-15-27(25(29)18-10-7-6-9-17(18)3)14-20(21)19-11-8-12-22(30-4)23(19)31-5/h6-12,16,20-21H,13-15H2,1-5H3,(H,26,28). The maximum Gasteiger partial charge on any atom is 0.254 e. The number of nitrogens with one attached hydrogen (secondary N) is 1. The first-order chi connectivity index (χ1) is 14.9. The Morgan fingerprint density at radius 1 is 1.06 bits per heavy atom. The predicted molar refractivity (Wildman–Crippen MR) is 121 cm³/mol. The van der Waals surface area contributed by atoms with E-state index in [1.807, 2.05) is 49.4 Å². The highest BCUT2D eigenvalue weighted by Gasteiger charge is 2.42. The number of rotatable bonds is 7. The lowest BCUT2D eigenvalue weighted by atomic mass is 9.87. The Morgan fingerprint density at radius 3 is 2.45 bits per heavy atom. The van der Waals surface area contributed by atoms with Crippen molar-refractivity contribution in [3.8, 4) is 11.5 Å². The van der Waals surface area contributed by atoms with Crippen molar-refractivity contribution in [1.82, 2.24) is 10.2 Å². The Balaban J connectivity index is 1.96. The first-order valence-electron chi connectivity index (χ1n) is 10.7. The molecule has 0 saturated carbocycles. The largest absolute Gasteiger partial charge is 0.493 e. The molecule has 2 aromatic carbocycles. The van der Waals surface area contributed by atoms with E-state index in [2.05, 4.69) is 19.2 Å². The normalized spacial score (nSPS) is 18.2. The SMILES string of the molecule is COc1cccc(C2CN(C(=O)c3ccccc3C)CC2C(=O)NCC(C)C)c1OC. The second-order valence-corrected chi connectivity index (χ2v) is 8.46. The molecule has 31 heavy (non-hydrogen) atoms. The molecule has 166 valence electrons. The summed E-state index contributed by atoms with van der Waals surface area (Å²) in [6, 6.07) is 13.2. The fourth-order valence-electron chi connectivity index (χ4n) is 4.17. The van der Waals surface area contributed by atoms with Crippen molar-refractivity contribution in [2.75, 3.05) is 33.9 Å². The van der Waals surface area contributed by atoms with Gasteiger partial charge >= 0.3 is 0 Å². The number of nitrogens with zero attached hydrogens (tertiary/aromatic N) is 1. The quantitative estimate of drug-likeness (QED) is 0.737. The number of likely N-dealkylation sites (tertiary alicyclic amines) is 1. The van der Waals surface area contributed by atoms with Gasteiger partial charge in [-0.15, -0.1) is 0 Å². The average Bonchev–Trinajstić information content (AvgIpc) is 3.22. The topological polar surface area (TPSA) is 67.9 Å². The Morgan fingerprint density at radius 2 is 1.81 bits per heavy atom. The molecule has 6 nitrogen and oxygen atoms in total. The third-order valence-electron chi connectivity index (χ3n) is 5.84. The van der Waals surface area contributed by atoms with Crippen LogP contribution in [0.2, 0.25) is 0 Å². The Hall–Kier alpha value is -3.02. The fourth-order valence-corrected chi connectivity index (χ4v) is 4.17. The molecule has 1 N–H and O–H groups in total. The van der Waals surface area contributed by atoms with Gasteiger partial charge in [0.2, 0.25) is 5.91 Å². The smallest absolute Gasteiger partial charge is 0.254 e. The van der Waals surface area contributed by atoms with Gasteiger partial charge in [-0.05, 0) is 30.5 Å². The van der Waals surface area contributed by atoms with E-state index >= 15 is 0 Å². The minimum atomic E-state index is -0.368. The molecule has 0 bridgehead atoms. The fraction of sp³-hybridized carbons (Fsp3) is 0.440. The van der Waals surface area contributed by atoms with Gasteiger partial charge in [0.25, 0.3) is 5.91 Å². The number of amides is 2. The van der Waals surface area contributed by atoms with Gasteiger partial charge in [0, 0.05) is 36.7 Å². The molecule has 1 heterocycles. The van der Waals surface area contributed by atoms with Gasteiger partial charge in [0.15, 0.2) is 11.5 Å².